The number of carbonyl (C=O) groups is 2. The molecule has 1 heterocycles. The molecule has 98 valence electrons. The van der Waals surface area contributed by atoms with Gasteiger partial charge in [0.15, 0.2) is 0 Å². The van der Waals surface area contributed by atoms with E-state index in [1.54, 1.807) is 43.6 Å². The molecule has 0 aliphatic rings. The second-order valence-electron chi connectivity index (χ2n) is 3.84. The first-order valence-corrected chi connectivity index (χ1v) is 6.37. The lowest BCUT2D eigenvalue weighted by molar-refractivity contribution is 0.0962. The third-order valence-electron chi connectivity index (χ3n) is 2.52. The van der Waals surface area contributed by atoms with Crippen molar-refractivity contribution in [2.45, 2.75) is 0 Å². The van der Waals surface area contributed by atoms with Gasteiger partial charge in [0.1, 0.15) is 5.69 Å². The predicted molar refractivity (Wildman–Crippen MR) is 76.3 cm³/mol. The van der Waals surface area contributed by atoms with Crippen LogP contribution in [0.2, 0.25) is 0 Å². The number of benzene rings is 1. The lowest BCUT2D eigenvalue weighted by Gasteiger charge is -2.05. The summed E-state index contributed by atoms with van der Waals surface area (Å²) < 4.78 is 0.813. The smallest absolute Gasteiger partial charge is 0.272 e. The summed E-state index contributed by atoms with van der Waals surface area (Å²) >= 11 is 3.26. The van der Waals surface area contributed by atoms with Gasteiger partial charge in [-0.25, -0.2) is 0 Å². The molecule has 1 aromatic carbocycles. The average molecular weight is 322 g/mol. The second kappa shape index (κ2) is 5.71. The van der Waals surface area contributed by atoms with Crippen LogP contribution in [0, 0.1) is 0 Å². The van der Waals surface area contributed by atoms with E-state index in [9.17, 15) is 9.59 Å². The van der Waals surface area contributed by atoms with E-state index >= 15 is 0 Å². The SMILES string of the molecule is CNC(=O)c1ccc(NC(=O)c2cc(Br)c[nH]2)cc1. The summed E-state index contributed by atoms with van der Waals surface area (Å²) in [5.41, 5.74) is 1.63. The van der Waals surface area contributed by atoms with Crippen LogP contribution >= 0.6 is 15.9 Å². The summed E-state index contributed by atoms with van der Waals surface area (Å²) in [6, 6.07) is 8.35. The van der Waals surface area contributed by atoms with Crippen LogP contribution in [0.4, 0.5) is 5.69 Å². The van der Waals surface area contributed by atoms with Crippen molar-refractivity contribution in [3.8, 4) is 0 Å². The Kier molecular flexibility index (Phi) is 4.01. The Morgan fingerprint density at radius 3 is 2.37 bits per heavy atom. The predicted octanol–water partition coefficient (Wildman–Crippen LogP) is 2.39. The zero-order valence-corrected chi connectivity index (χ0v) is 11.7. The number of amides is 2. The number of hydrogen-bond acceptors (Lipinski definition) is 2. The van der Waals surface area contributed by atoms with E-state index in [0.29, 0.717) is 16.9 Å². The second-order valence-corrected chi connectivity index (χ2v) is 4.76. The first-order chi connectivity index (χ1) is 9.10. The highest BCUT2D eigenvalue weighted by Gasteiger charge is 2.08. The molecule has 1 aromatic heterocycles. The zero-order chi connectivity index (χ0) is 13.8. The first-order valence-electron chi connectivity index (χ1n) is 5.57. The van der Waals surface area contributed by atoms with Gasteiger partial charge in [-0.15, -0.1) is 0 Å². The Morgan fingerprint density at radius 1 is 1.16 bits per heavy atom. The molecule has 0 saturated heterocycles. The van der Waals surface area contributed by atoms with Crippen LogP contribution in [0.5, 0.6) is 0 Å². The number of rotatable bonds is 3. The molecular formula is C13H12BrN3O2. The molecule has 0 unspecified atom stereocenters. The van der Waals surface area contributed by atoms with Crippen LogP contribution < -0.4 is 10.6 Å². The van der Waals surface area contributed by atoms with Gasteiger partial charge in [0.2, 0.25) is 0 Å². The summed E-state index contributed by atoms with van der Waals surface area (Å²) in [7, 11) is 1.57. The number of nitrogens with one attached hydrogen (secondary N) is 3. The Bertz CT molecular complexity index is 605. The Morgan fingerprint density at radius 2 is 1.84 bits per heavy atom. The molecule has 19 heavy (non-hydrogen) atoms. The number of H-pyrrole nitrogens is 1. The number of carbonyl (C=O) groups excluding carboxylic acids is 2. The third kappa shape index (κ3) is 3.23. The molecule has 5 nitrogen and oxygen atoms in total. The van der Waals surface area contributed by atoms with Gasteiger partial charge in [-0.1, -0.05) is 0 Å². The topological polar surface area (TPSA) is 74.0 Å². The normalized spacial score (nSPS) is 10.0. The lowest BCUT2D eigenvalue weighted by atomic mass is 10.2. The largest absolute Gasteiger partial charge is 0.356 e. The summed E-state index contributed by atoms with van der Waals surface area (Å²) in [5, 5.41) is 5.27. The molecule has 0 saturated carbocycles. The number of aromatic nitrogens is 1. The molecule has 0 aliphatic carbocycles. The maximum absolute atomic E-state index is 11.9. The van der Waals surface area contributed by atoms with Gasteiger partial charge >= 0.3 is 0 Å². The van der Waals surface area contributed by atoms with Crippen molar-refractivity contribution in [2.24, 2.45) is 0 Å². The zero-order valence-electron chi connectivity index (χ0n) is 10.2. The van der Waals surface area contributed by atoms with Crippen LogP contribution in [-0.4, -0.2) is 23.8 Å². The van der Waals surface area contributed by atoms with Gasteiger partial charge in [0.25, 0.3) is 11.8 Å². The van der Waals surface area contributed by atoms with E-state index in [0.717, 1.165) is 4.47 Å². The summed E-state index contributed by atoms with van der Waals surface area (Å²) in [5.74, 6) is -0.399. The van der Waals surface area contributed by atoms with Gasteiger partial charge in [0.05, 0.1) is 0 Å². The van der Waals surface area contributed by atoms with Crippen LogP contribution in [0.25, 0.3) is 0 Å². The molecule has 3 N–H and O–H groups in total. The van der Waals surface area contributed by atoms with Gasteiger partial charge in [-0.05, 0) is 46.3 Å². The maximum atomic E-state index is 11.9. The highest BCUT2D eigenvalue weighted by atomic mass is 79.9. The van der Waals surface area contributed by atoms with Gasteiger partial charge < -0.3 is 15.6 Å². The minimum Gasteiger partial charge on any atom is -0.356 e. The van der Waals surface area contributed by atoms with Crippen molar-refractivity contribution in [2.75, 3.05) is 12.4 Å². The average Bonchev–Trinajstić information content (AvgIpc) is 2.85. The lowest BCUT2D eigenvalue weighted by Crippen LogP contribution is -2.18. The molecule has 0 aliphatic heterocycles. The van der Waals surface area contributed by atoms with E-state index in [1.807, 2.05) is 0 Å². The highest BCUT2D eigenvalue weighted by molar-refractivity contribution is 9.10. The molecule has 0 bridgehead atoms. The number of halogens is 1. The molecule has 2 rings (SSSR count). The maximum Gasteiger partial charge on any atom is 0.272 e. The number of anilines is 1. The molecule has 6 heteroatoms. The Balaban J connectivity index is 2.07. The highest BCUT2D eigenvalue weighted by Crippen LogP contribution is 2.14. The van der Waals surface area contributed by atoms with Crippen LogP contribution in [0.3, 0.4) is 0 Å². The molecule has 0 spiro atoms. The number of hydrogen-bond donors (Lipinski definition) is 3. The Labute approximate surface area is 118 Å². The monoisotopic (exact) mass is 321 g/mol. The number of aromatic amines is 1. The van der Waals surface area contributed by atoms with Crippen molar-refractivity contribution in [3.05, 3.63) is 52.3 Å². The van der Waals surface area contributed by atoms with E-state index < -0.39 is 0 Å². The molecule has 2 aromatic rings. The van der Waals surface area contributed by atoms with E-state index in [4.69, 9.17) is 0 Å². The molecule has 0 atom stereocenters. The standard InChI is InChI=1S/C13H12BrN3O2/c1-15-12(18)8-2-4-10(5-3-8)17-13(19)11-6-9(14)7-16-11/h2-7,16H,1H3,(H,15,18)(H,17,19). The molecule has 2 amide bonds. The van der Waals surface area contributed by atoms with Crippen molar-refractivity contribution in [1.82, 2.24) is 10.3 Å². The van der Waals surface area contributed by atoms with Gasteiger partial charge in [-0.2, -0.15) is 0 Å². The molecular weight excluding hydrogens is 310 g/mol. The van der Waals surface area contributed by atoms with Crippen molar-refractivity contribution < 1.29 is 9.59 Å². The van der Waals surface area contributed by atoms with Gasteiger partial charge in [-0.3, -0.25) is 9.59 Å². The van der Waals surface area contributed by atoms with Crippen molar-refractivity contribution >= 4 is 33.4 Å². The van der Waals surface area contributed by atoms with E-state index in [2.05, 4.69) is 31.5 Å². The van der Waals surface area contributed by atoms with E-state index in [1.165, 1.54) is 0 Å². The minimum atomic E-state index is -0.238. The summed E-state index contributed by atoms with van der Waals surface area (Å²) in [4.78, 5) is 26.1. The van der Waals surface area contributed by atoms with E-state index in [-0.39, 0.29) is 11.8 Å². The fourth-order valence-electron chi connectivity index (χ4n) is 1.55. The molecule has 0 radical (unpaired) electrons. The summed E-state index contributed by atoms with van der Waals surface area (Å²) in [6.45, 7) is 0. The first kappa shape index (κ1) is 13.4. The minimum absolute atomic E-state index is 0.161. The summed E-state index contributed by atoms with van der Waals surface area (Å²) in [6.07, 6.45) is 1.68. The fraction of sp³-hybridized carbons (Fsp3) is 0.0769. The van der Waals surface area contributed by atoms with Crippen molar-refractivity contribution in [1.29, 1.82) is 0 Å². The fourth-order valence-corrected chi connectivity index (χ4v) is 1.89. The van der Waals surface area contributed by atoms with Crippen LogP contribution in [-0.2, 0) is 0 Å². The molecule has 0 fully saturated rings. The van der Waals surface area contributed by atoms with Crippen LogP contribution in [0.1, 0.15) is 20.8 Å². The third-order valence-corrected chi connectivity index (χ3v) is 2.98. The van der Waals surface area contributed by atoms with Gasteiger partial charge in [0, 0.05) is 29.0 Å². The van der Waals surface area contributed by atoms with Crippen molar-refractivity contribution in [3.63, 3.8) is 0 Å². The quantitative estimate of drug-likeness (QED) is 0.812. The Hall–Kier alpha value is -2.08. The van der Waals surface area contributed by atoms with Crippen LogP contribution in [0.15, 0.2) is 41.0 Å².